The van der Waals surface area contributed by atoms with Gasteiger partial charge in [0.15, 0.2) is 5.16 Å². The number of halogens is 2. The second kappa shape index (κ2) is 7.38. The van der Waals surface area contributed by atoms with Gasteiger partial charge in [-0.25, -0.2) is 9.37 Å². The number of fused-ring (bicyclic) bond motifs is 1. The predicted octanol–water partition coefficient (Wildman–Crippen LogP) is 4.14. The number of anilines is 1. The molecule has 1 aromatic carbocycles. The molecule has 26 heavy (non-hydrogen) atoms. The number of thioether (sulfide) groups is 1. The van der Waals surface area contributed by atoms with E-state index in [1.807, 2.05) is 13.8 Å². The molecule has 0 aliphatic carbocycles. The maximum Gasteiger partial charge on any atom is 0.262 e. The van der Waals surface area contributed by atoms with Gasteiger partial charge in [-0.05, 0) is 37.6 Å². The Morgan fingerprint density at radius 2 is 2.15 bits per heavy atom. The molecule has 2 heterocycles. The van der Waals surface area contributed by atoms with Gasteiger partial charge in [-0.15, -0.1) is 11.3 Å². The Morgan fingerprint density at radius 1 is 1.42 bits per heavy atom. The summed E-state index contributed by atoms with van der Waals surface area (Å²) in [6.45, 7) is 3.85. The number of hydrogen-bond donors (Lipinski definition) is 1. The van der Waals surface area contributed by atoms with E-state index in [4.69, 9.17) is 11.6 Å². The fraction of sp³-hybridized carbons (Fsp3) is 0.235. The Balaban J connectivity index is 1.79. The van der Waals surface area contributed by atoms with E-state index < -0.39 is 11.7 Å². The lowest BCUT2D eigenvalue weighted by Crippen LogP contribution is -2.21. The van der Waals surface area contributed by atoms with Crippen LogP contribution >= 0.6 is 34.7 Å². The van der Waals surface area contributed by atoms with Crippen molar-refractivity contribution in [2.24, 2.45) is 7.05 Å². The van der Waals surface area contributed by atoms with Crippen LogP contribution in [0.25, 0.3) is 10.2 Å². The van der Waals surface area contributed by atoms with Crippen molar-refractivity contribution in [1.29, 1.82) is 0 Å². The van der Waals surface area contributed by atoms with Crippen molar-refractivity contribution in [3.05, 3.63) is 49.8 Å². The summed E-state index contributed by atoms with van der Waals surface area (Å²) >= 11 is 8.38. The van der Waals surface area contributed by atoms with Crippen LogP contribution in [0, 0.1) is 19.7 Å². The van der Waals surface area contributed by atoms with Crippen molar-refractivity contribution < 1.29 is 9.18 Å². The molecule has 136 valence electrons. The van der Waals surface area contributed by atoms with Gasteiger partial charge in [0.25, 0.3) is 5.56 Å². The standard InChI is InChI=1S/C17H15ClFN3O2S2/c1-8-9(2)26-15-14(8)16(24)22(3)17(21-15)25-7-13(23)20-12-6-10(18)4-5-11(12)19/h4-6H,7H2,1-3H3,(H,20,23). The quantitative estimate of drug-likeness (QED) is 0.517. The zero-order chi connectivity index (χ0) is 19.0. The van der Waals surface area contributed by atoms with Gasteiger partial charge in [0, 0.05) is 16.9 Å². The third-order valence-corrected chi connectivity index (χ3v) is 6.27. The van der Waals surface area contributed by atoms with Gasteiger partial charge in [-0.3, -0.25) is 14.2 Å². The first-order valence-corrected chi connectivity index (χ1v) is 9.80. The molecule has 1 N–H and O–H groups in total. The van der Waals surface area contributed by atoms with Crippen molar-refractivity contribution >= 4 is 56.5 Å². The van der Waals surface area contributed by atoms with Crippen molar-refractivity contribution in [3.8, 4) is 0 Å². The summed E-state index contributed by atoms with van der Waals surface area (Å²) in [5.74, 6) is -0.991. The minimum atomic E-state index is -0.566. The van der Waals surface area contributed by atoms with E-state index in [0.717, 1.165) is 22.2 Å². The van der Waals surface area contributed by atoms with E-state index in [2.05, 4.69) is 10.3 Å². The fourth-order valence-corrected chi connectivity index (χ4v) is 4.41. The summed E-state index contributed by atoms with van der Waals surface area (Å²) in [7, 11) is 1.62. The normalized spacial score (nSPS) is 11.1. The topological polar surface area (TPSA) is 64.0 Å². The molecular formula is C17H15ClFN3O2S2. The van der Waals surface area contributed by atoms with Crippen LogP contribution in [0.4, 0.5) is 10.1 Å². The van der Waals surface area contributed by atoms with Crippen LogP contribution in [-0.2, 0) is 11.8 Å². The minimum Gasteiger partial charge on any atom is -0.323 e. The smallest absolute Gasteiger partial charge is 0.262 e. The minimum absolute atomic E-state index is 0.0128. The zero-order valence-electron chi connectivity index (χ0n) is 14.2. The molecule has 0 saturated carbocycles. The molecule has 0 fully saturated rings. The largest absolute Gasteiger partial charge is 0.323 e. The molecule has 0 aliphatic heterocycles. The Bertz CT molecular complexity index is 1080. The number of hydrogen-bond acceptors (Lipinski definition) is 5. The van der Waals surface area contributed by atoms with Gasteiger partial charge in [0.1, 0.15) is 10.6 Å². The fourth-order valence-electron chi connectivity index (χ4n) is 2.39. The Hall–Kier alpha value is -1.90. The number of benzene rings is 1. The van der Waals surface area contributed by atoms with Crippen LogP contribution in [-0.4, -0.2) is 21.2 Å². The molecule has 1 amide bonds. The molecule has 0 bridgehead atoms. The van der Waals surface area contributed by atoms with Crippen LogP contribution in [0.3, 0.4) is 0 Å². The molecule has 0 radical (unpaired) electrons. The number of aryl methyl sites for hydroxylation is 2. The van der Waals surface area contributed by atoms with Gasteiger partial charge in [-0.1, -0.05) is 23.4 Å². The highest BCUT2D eigenvalue weighted by Crippen LogP contribution is 2.28. The van der Waals surface area contributed by atoms with Gasteiger partial charge in [-0.2, -0.15) is 0 Å². The van der Waals surface area contributed by atoms with E-state index in [1.165, 1.54) is 34.1 Å². The molecule has 0 unspecified atom stereocenters. The third-order valence-electron chi connectivity index (χ3n) is 3.90. The molecule has 3 rings (SSSR count). The summed E-state index contributed by atoms with van der Waals surface area (Å²) < 4.78 is 15.1. The molecule has 5 nitrogen and oxygen atoms in total. The molecule has 0 spiro atoms. The SMILES string of the molecule is Cc1sc2nc(SCC(=O)Nc3cc(Cl)ccc3F)n(C)c(=O)c2c1C. The second-order valence-corrected chi connectivity index (χ2v) is 8.27. The Morgan fingerprint density at radius 3 is 2.88 bits per heavy atom. The molecule has 9 heteroatoms. The first-order valence-electron chi connectivity index (χ1n) is 7.62. The van der Waals surface area contributed by atoms with E-state index in [9.17, 15) is 14.0 Å². The van der Waals surface area contributed by atoms with Crippen molar-refractivity contribution in [3.63, 3.8) is 0 Å². The molecule has 3 aromatic rings. The summed E-state index contributed by atoms with van der Waals surface area (Å²) in [4.78, 5) is 30.9. The van der Waals surface area contributed by atoms with Crippen LogP contribution in [0.2, 0.25) is 5.02 Å². The van der Waals surface area contributed by atoms with E-state index in [-0.39, 0.29) is 17.0 Å². The molecule has 0 saturated heterocycles. The average molecular weight is 412 g/mol. The second-order valence-electron chi connectivity index (χ2n) is 5.68. The molecule has 0 aliphatic rings. The average Bonchev–Trinajstić information content (AvgIpc) is 2.87. The maximum absolute atomic E-state index is 13.7. The number of nitrogens with zero attached hydrogens (tertiary/aromatic N) is 2. The van der Waals surface area contributed by atoms with E-state index in [1.54, 1.807) is 7.05 Å². The molecular weight excluding hydrogens is 397 g/mol. The van der Waals surface area contributed by atoms with Crippen molar-refractivity contribution in [1.82, 2.24) is 9.55 Å². The number of nitrogens with one attached hydrogen (secondary N) is 1. The highest BCUT2D eigenvalue weighted by atomic mass is 35.5. The zero-order valence-corrected chi connectivity index (χ0v) is 16.6. The van der Waals surface area contributed by atoms with Crippen LogP contribution in [0.1, 0.15) is 10.4 Å². The summed E-state index contributed by atoms with van der Waals surface area (Å²) in [5, 5.41) is 3.85. The van der Waals surface area contributed by atoms with Crippen LogP contribution in [0.5, 0.6) is 0 Å². The number of amides is 1. The maximum atomic E-state index is 13.7. The first kappa shape index (κ1) is 18.9. The number of rotatable bonds is 4. The van der Waals surface area contributed by atoms with Crippen molar-refractivity contribution in [2.45, 2.75) is 19.0 Å². The monoisotopic (exact) mass is 411 g/mol. The Labute approximate surface area is 162 Å². The van der Waals surface area contributed by atoms with Gasteiger partial charge < -0.3 is 5.32 Å². The number of aromatic nitrogens is 2. The molecule has 0 atom stereocenters. The summed E-state index contributed by atoms with van der Waals surface area (Å²) in [5.41, 5.74) is 0.814. The van der Waals surface area contributed by atoms with E-state index in [0.29, 0.717) is 20.4 Å². The predicted molar refractivity (Wildman–Crippen MR) is 105 cm³/mol. The van der Waals surface area contributed by atoms with E-state index >= 15 is 0 Å². The highest BCUT2D eigenvalue weighted by molar-refractivity contribution is 7.99. The summed E-state index contributed by atoms with van der Waals surface area (Å²) in [6.07, 6.45) is 0. The van der Waals surface area contributed by atoms with Gasteiger partial charge >= 0.3 is 0 Å². The number of carbonyl (C=O) groups excluding carboxylic acids is 1. The highest BCUT2D eigenvalue weighted by Gasteiger charge is 2.16. The van der Waals surface area contributed by atoms with Gasteiger partial charge in [0.2, 0.25) is 5.91 Å². The lowest BCUT2D eigenvalue weighted by Gasteiger charge is -2.09. The molecule has 2 aromatic heterocycles. The summed E-state index contributed by atoms with van der Waals surface area (Å²) in [6, 6.07) is 3.93. The Kier molecular flexibility index (Phi) is 5.36. The van der Waals surface area contributed by atoms with Gasteiger partial charge in [0.05, 0.1) is 16.8 Å². The van der Waals surface area contributed by atoms with Crippen molar-refractivity contribution in [2.75, 3.05) is 11.1 Å². The number of thiophene rings is 1. The lowest BCUT2D eigenvalue weighted by molar-refractivity contribution is -0.113. The number of carbonyl (C=O) groups is 1. The van der Waals surface area contributed by atoms with Crippen LogP contribution < -0.4 is 10.9 Å². The first-order chi connectivity index (χ1) is 12.3. The van der Waals surface area contributed by atoms with Crippen LogP contribution in [0.15, 0.2) is 28.2 Å². The third kappa shape index (κ3) is 3.62. The lowest BCUT2D eigenvalue weighted by atomic mass is 10.2.